The van der Waals surface area contributed by atoms with E-state index in [0.717, 1.165) is 24.4 Å². The molecule has 2 aliphatic carbocycles. The average molecular weight is 421 g/mol. The molecular weight excluding hydrogens is 392 g/mol. The van der Waals surface area contributed by atoms with E-state index in [1.807, 2.05) is 0 Å². The van der Waals surface area contributed by atoms with Gasteiger partial charge in [-0.05, 0) is 36.8 Å². The highest BCUT2D eigenvalue weighted by Gasteiger charge is 2.75. The predicted octanol–water partition coefficient (Wildman–Crippen LogP) is 2.50. The maximum atomic E-state index is 13.6. The van der Waals surface area contributed by atoms with Gasteiger partial charge in [-0.3, -0.25) is 9.69 Å². The molecule has 1 aromatic carbocycles. The van der Waals surface area contributed by atoms with E-state index in [2.05, 4.69) is 28.0 Å². The molecule has 7 aliphatic rings. The van der Waals surface area contributed by atoms with E-state index in [1.54, 1.807) is 19.8 Å². The molecule has 0 N–H and O–H groups in total. The molecule has 5 aliphatic heterocycles. The second kappa shape index (κ2) is 5.46. The highest BCUT2D eigenvalue weighted by Crippen LogP contribution is 2.71. The van der Waals surface area contributed by atoms with Crippen LogP contribution in [0.1, 0.15) is 31.2 Å². The highest BCUT2D eigenvalue weighted by atomic mass is 16.5. The van der Waals surface area contributed by atoms with Crippen LogP contribution in [0.15, 0.2) is 23.8 Å². The minimum absolute atomic E-state index is 0.00342. The molecule has 1 spiro atoms. The van der Waals surface area contributed by atoms with Crippen LogP contribution in [0.3, 0.4) is 0 Å². The predicted molar refractivity (Wildman–Crippen MR) is 114 cm³/mol. The van der Waals surface area contributed by atoms with E-state index in [1.165, 1.54) is 18.4 Å². The van der Waals surface area contributed by atoms with Crippen molar-refractivity contribution in [1.82, 2.24) is 4.90 Å². The number of amides is 1. The molecule has 0 aromatic heterocycles. The van der Waals surface area contributed by atoms with E-state index in [-0.39, 0.29) is 23.5 Å². The molecule has 6 nitrogen and oxygen atoms in total. The van der Waals surface area contributed by atoms with Crippen LogP contribution in [0, 0.1) is 17.8 Å². The maximum Gasteiger partial charge on any atom is 0.229 e. The van der Waals surface area contributed by atoms with Crippen molar-refractivity contribution in [3.8, 4) is 11.5 Å². The van der Waals surface area contributed by atoms with Crippen molar-refractivity contribution in [2.75, 3.05) is 32.3 Å². The zero-order chi connectivity index (χ0) is 20.6. The van der Waals surface area contributed by atoms with Crippen LogP contribution >= 0.6 is 0 Å². The van der Waals surface area contributed by atoms with Gasteiger partial charge < -0.3 is 19.1 Å². The third kappa shape index (κ3) is 1.74. The summed E-state index contributed by atoms with van der Waals surface area (Å²) in [7, 11) is 3.39. The van der Waals surface area contributed by atoms with Crippen LogP contribution in [0.5, 0.6) is 11.5 Å². The minimum atomic E-state index is 0.00342. The molecule has 5 heterocycles. The quantitative estimate of drug-likeness (QED) is 0.688. The molecule has 162 valence electrons. The van der Waals surface area contributed by atoms with Crippen LogP contribution in [-0.4, -0.2) is 62.4 Å². The Bertz CT molecular complexity index is 1070. The largest absolute Gasteiger partial charge is 0.493 e. The lowest BCUT2D eigenvalue weighted by Gasteiger charge is -2.58. The van der Waals surface area contributed by atoms with Crippen LogP contribution in [-0.2, 0) is 14.9 Å². The van der Waals surface area contributed by atoms with Gasteiger partial charge in [-0.25, -0.2) is 0 Å². The van der Waals surface area contributed by atoms with Crippen LogP contribution in [0.25, 0.3) is 0 Å². The van der Waals surface area contributed by atoms with E-state index in [9.17, 15) is 4.79 Å². The first kappa shape index (κ1) is 17.5. The van der Waals surface area contributed by atoms with Gasteiger partial charge in [-0.1, -0.05) is 11.6 Å². The number of hydrogen-bond acceptors (Lipinski definition) is 5. The van der Waals surface area contributed by atoms with Gasteiger partial charge in [-0.15, -0.1) is 0 Å². The Morgan fingerprint density at radius 3 is 2.87 bits per heavy atom. The zero-order valence-electron chi connectivity index (χ0n) is 18.0. The Morgan fingerprint density at radius 2 is 2.03 bits per heavy atom. The number of rotatable bonds is 2. The van der Waals surface area contributed by atoms with Crippen LogP contribution in [0.2, 0.25) is 0 Å². The lowest BCUT2D eigenvalue weighted by molar-refractivity contribution is -0.133. The molecule has 3 saturated heterocycles. The molecule has 0 radical (unpaired) electrons. The van der Waals surface area contributed by atoms with Crippen molar-refractivity contribution in [3.05, 3.63) is 29.3 Å². The molecule has 8 rings (SSSR count). The number of fused-ring (bicyclic) bond motifs is 4. The summed E-state index contributed by atoms with van der Waals surface area (Å²) >= 11 is 0. The molecule has 2 bridgehead atoms. The topological polar surface area (TPSA) is 51.2 Å². The number of nitrogens with zero attached hydrogens (tertiary/aromatic N) is 2. The van der Waals surface area contributed by atoms with Gasteiger partial charge in [0.2, 0.25) is 5.91 Å². The Kier molecular flexibility index (Phi) is 3.08. The first-order chi connectivity index (χ1) is 15.2. The molecular formula is C25H28N2O4. The molecule has 1 aromatic rings. The van der Waals surface area contributed by atoms with Gasteiger partial charge in [0.25, 0.3) is 0 Å². The summed E-state index contributed by atoms with van der Waals surface area (Å²) in [5, 5.41) is 0. The minimum Gasteiger partial charge on any atom is -0.493 e. The summed E-state index contributed by atoms with van der Waals surface area (Å²) in [6, 6.07) is 5.76. The van der Waals surface area contributed by atoms with Gasteiger partial charge in [0.15, 0.2) is 11.5 Å². The Hall–Kier alpha value is -2.05. The van der Waals surface area contributed by atoms with Crippen LogP contribution < -0.4 is 14.4 Å². The van der Waals surface area contributed by atoms with Crippen molar-refractivity contribution in [2.45, 2.75) is 55.3 Å². The fourth-order valence-corrected chi connectivity index (χ4v) is 9.31. The second-order valence-electron chi connectivity index (χ2n) is 10.6. The Morgan fingerprint density at radius 1 is 1.19 bits per heavy atom. The number of carbonyl (C=O) groups is 1. The van der Waals surface area contributed by atoms with Gasteiger partial charge in [-0.2, -0.15) is 0 Å². The van der Waals surface area contributed by atoms with E-state index in [4.69, 9.17) is 14.2 Å². The van der Waals surface area contributed by atoms with E-state index >= 15 is 0 Å². The lowest BCUT2D eigenvalue weighted by atomic mass is 9.48. The SMILES string of the molecule is COc1cc2c(cc1OC)[C@@]13CC[C@@H]4C[C@@H]1[C@H]1[C@H]5C(=CCO[C@@H]6CC(=O)N2[C@@H]3[C@@H]56)CN41. The molecule has 5 fully saturated rings. The standard InChI is InChI=1S/C25H28N2O4/c1-29-17-8-14-16(9-18(17)30-2)27-20(28)10-19-22-21-12(4-6-31-19)11-26-13-3-5-25(14,24(22)27)15(7-13)23(21)26/h4,8-9,13,15,19,21-24H,3,5-7,10-11H2,1-2H3/t13-,15-,19-,21+,22-,23+,24-,25+/m1/s1. The third-order valence-electron chi connectivity index (χ3n) is 10.1. The highest BCUT2D eigenvalue weighted by molar-refractivity contribution is 5.99. The number of carbonyl (C=O) groups excluding carboxylic acids is 1. The zero-order valence-corrected chi connectivity index (χ0v) is 18.0. The molecule has 0 unspecified atom stereocenters. The number of methoxy groups -OCH3 is 2. The molecule has 31 heavy (non-hydrogen) atoms. The van der Waals surface area contributed by atoms with Crippen molar-refractivity contribution < 1.29 is 19.0 Å². The Labute approximate surface area is 182 Å². The van der Waals surface area contributed by atoms with Gasteiger partial charge in [0.05, 0.1) is 45.1 Å². The molecule has 6 heteroatoms. The van der Waals surface area contributed by atoms with Crippen molar-refractivity contribution >= 4 is 11.6 Å². The summed E-state index contributed by atoms with van der Waals surface area (Å²) in [6.07, 6.45) is 6.51. The fraction of sp³-hybridized carbons (Fsp3) is 0.640. The van der Waals surface area contributed by atoms with Gasteiger partial charge in [0.1, 0.15) is 0 Å². The normalized spacial score (nSPS) is 45.4. The fourth-order valence-electron chi connectivity index (χ4n) is 9.31. The molecule has 2 saturated carbocycles. The number of piperidine rings is 1. The van der Waals surface area contributed by atoms with Crippen molar-refractivity contribution in [1.29, 1.82) is 0 Å². The third-order valence-corrected chi connectivity index (χ3v) is 10.1. The molecule has 1 amide bonds. The summed E-state index contributed by atoms with van der Waals surface area (Å²) in [4.78, 5) is 18.7. The van der Waals surface area contributed by atoms with Gasteiger partial charge >= 0.3 is 0 Å². The van der Waals surface area contributed by atoms with Gasteiger partial charge in [0, 0.05) is 41.9 Å². The number of benzene rings is 1. The molecule has 8 atom stereocenters. The summed E-state index contributed by atoms with van der Waals surface area (Å²) in [5.41, 5.74) is 3.99. The lowest BCUT2D eigenvalue weighted by Crippen LogP contribution is -2.68. The summed E-state index contributed by atoms with van der Waals surface area (Å²) in [5.74, 6) is 3.21. The number of anilines is 1. The van der Waals surface area contributed by atoms with Crippen molar-refractivity contribution in [3.63, 3.8) is 0 Å². The number of ether oxygens (including phenoxy) is 3. The first-order valence-electron chi connectivity index (χ1n) is 11.8. The second-order valence-corrected chi connectivity index (χ2v) is 10.6. The average Bonchev–Trinajstić information content (AvgIpc) is 3.36. The smallest absolute Gasteiger partial charge is 0.229 e. The Balaban J connectivity index is 1.44. The first-order valence-corrected chi connectivity index (χ1v) is 11.8. The van der Waals surface area contributed by atoms with E-state index < -0.39 is 0 Å². The monoisotopic (exact) mass is 420 g/mol. The number of hydrogen-bond donors (Lipinski definition) is 0. The summed E-state index contributed by atoms with van der Waals surface area (Å²) in [6.45, 7) is 1.77. The van der Waals surface area contributed by atoms with Crippen molar-refractivity contribution in [2.24, 2.45) is 17.8 Å². The van der Waals surface area contributed by atoms with Crippen LogP contribution in [0.4, 0.5) is 5.69 Å². The van der Waals surface area contributed by atoms with E-state index in [0.29, 0.717) is 48.6 Å². The maximum absolute atomic E-state index is 13.6. The summed E-state index contributed by atoms with van der Waals surface area (Å²) < 4.78 is 17.8.